The van der Waals surface area contributed by atoms with Gasteiger partial charge in [0.2, 0.25) is 10.0 Å². The number of hydrogen-bond donors (Lipinski definition) is 0. The average molecular weight is 412 g/mol. The number of nitrogens with zero attached hydrogens (tertiary/aromatic N) is 4. The highest BCUT2D eigenvalue weighted by Gasteiger charge is 2.30. The van der Waals surface area contributed by atoms with Crippen LogP contribution in [0.2, 0.25) is 0 Å². The van der Waals surface area contributed by atoms with Crippen LogP contribution in [0.5, 0.6) is 0 Å². The molecule has 1 aliphatic rings. The van der Waals surface area contributed by atoms with Gasteiger partial charge in [-0.15, -0.1) is 0 Å². The van der Waals surface area contributed by atoms with Gasteiger partial charge in [-0.2, -0.15) is 4.31 Å². The van der Waals surface area contributed by atoms with Gasteiger partial charge in [0, 0.05) is 37.3 Å². The second-order valence-electron chi connectivity index (χ2n) is 6.91. The fourth-order valence-corrected chi connectivity index (χ4v) is 4.93. The summed E-state index contributed by atoms with van der Waals surface area (Å²) in [6, 6.07) is 15.2. The van der Waals surface area contributed by atoms with Gasteiger partial charge < -0.3 is 4.57 Å². The summed E-state index contributed by atoms with van der Waals surface area (Å²) >= 11 is 0. The number of nitro groups is 1. The van der Waals surface area contributed by atoms with E-state index in [1.165, 1.54) is 34.1 Å². The van der Waals surface area contributed by atoms with Crippen molar-refractivity contribution in [1.29, 1.82) is 0 Å². The molecule has 0 saturated heterocycles. The Labute approximate surface area is 168 Å². The zero-order valence-electron chi connectivity index (χ0n) is 15.6. The van der Waals surface area contributed by atoms with Gasteiger partial charge in [0.15, 0.2) is 0 Å². The number of non-ortho nitro benzene ring substituents is 1. The molecular formula is C20H20N4O4S. The Kier molecular flexibility index (Phi) is 5.16. The smallest absolute Gasteiger partial charge is 0.269 e. The Morgan fingerprint density at radius 3 is 2.48 bits per heavy atom. The van der Waals surface area contributed by atoms with Gasteiger partial charge in [-0.05, 0) is 24.1 Å². The number of nitro benzene ring substituents is 1. The summed E-state index contributed by atoms with van der Waals surface area (Å²) in [5.74, 6) is 0. The molecule has 0 atom stereocenters. The summed E-state index contributed by atoms with van der Waals surface area (Å²) in [6.45, 7) is 1.35. The summed E-state index contributed by atoms with van der Waals surface area (Å²) in [4.78, 5) is 14.7. The molecule has 0 aliphatic carbocycles. The Morgan fingerprint density at radius 1 is 1.07 bits per heavy atom. The van der Waals surface area contributed by atoms with Crippen LogP contribution in [0, 0.1) is 10.1 Å². The van der Waals surface area contributed by atoms with Gasteiger partial charge in [0.1, 0.15) is 0 Å². The molecule has 0 radical (unpaired) electrons. The number of fused-ring (bicyclic) bond motifs is 1. The van der Waals surface area contributed by atoms with E-state index in [1.54, 1.807) is 6.33 Å². The first-order valence-corrected chi connectivity index (χ1v) is 10.7. The van der Waals surface area contributed by atoms with Gasteiger partial charge in [0.05, 0.1) is 28.4 Å². The predicted octanol–water partition coefficient (Wildman–Crippen LogP) is 2.78. The summed E-state index contributed by atoms with van der Waals surface area (Å²) in [7, 11) is -3.73. The van der Waals surface area contributed by atoms with Crippen LogP contribution in [0.15, 0.2) is 65.8 Å². The lowest BCUT2D eigenvalue weighted by molar-refractivity contribution is -0.384. The Morgan fingerprint density at radius 2 is 1.79 bits per heavy atom. The molecular weight excluding hydrogens is 392 g/mol. The standard InChI is InChI=1S/C20H20N4O4S/c25-24(26)17-6-8-18(9-7-17)29(27,28)23-13-11-20-19(14-23)21-15-22(20)12-10-16-4-2-1-3-5-16/h1-9,15H,10-14H2. The zero-order chi connectivity index (χ0) is 20.4. The second-order valence-corrected chi connectivity index (χ2v) is 8.84. The maximum Gasteiger partial charge on any atom is 0.269 e. The molecule has 150 valence electrons. The van der Waals surface area contributed by atoms with Crippen LogP contribution >= 0.6 is 0 Å². The second kappa shape index (κ2) is 7.76. The Balaban J connectivity index is 1.48. The normalized spacial score (nSPS) is 14.5. The van der Waals surface area contributed by atoms with Crippen molar-refractivity contribution >= 4 is 15.7 Å². The lowest BCUT2D eigenvalue weighted by atomic mass is 10.1. The number of hydrogen-bond acceptors (Lipinski definition) is 5. The van der Waals surface area contributed by atoms with E-state index in [9.17, 15) is 18.5 Å². The predicted molar refractivity (Wildman–Crippen MR) is 107 cm³/mol. The van der Waals surface area contributed by atoms with Crippen molar-refractivity contribution < 1.29 is 13.3 Å². The molecule has 2 heterocycles. The number of imidazole rings is 1. The van der Waals surface area contributed by atoms with Crippen LogP contribution in [-0.4, -0.2) is 33.7 Å². The molecule has 29 heavy (non-hydrogen) atoms. The van der Waals surface area contributed by atoms with Gasteiger partial charge in [-0.25, -0.2) is 13.4 Å². The van der Waals surface area contributed by atoms with Gasteiger partial charge in [0.25, 0.3) is 5.69 Å². The third-order valence-corrected chi connectivity index (χ3v) is 6.99. The number of sulfonamides is 1. The molecule has 0 unspecified atom stereocenters. The quantitative estimate of drug-likeness (QED) is 0.458. The molecule has 0 bridgehead atoms. The molecule has 1 aromatic heterocycles. The van der Waals surface area contributed by atoms with Crippen molar-refractivity contribution in [2.45, 2.75) is 30.8 Å². The van der Waals surface area contributed by atoms with E-state index in [2.05, 4.69) is 21.7 Å². The van der Waals surface area contributed by atoms with Gasteiger partial charge in [-0.1, -0.05) is 30.3 Å². The summed E-state index contributed by atoms with van der Waals surface area (Å²) < 4.78 is 29.3. The van der Waals surface area contributed by atoms with Crippen LogP contribution in [-0.2, 0) is 36.0 Å². The van der Waals surface area contributed by atoms with Crippen molar-refractivity contribution in [3.8, 4) is 0 Å². The SMILES string of the molecule is O=[N+]([O-])c1ccc(S(=O)(=O)N2CCc3c(ncn3CCc3ccccc3)C2)cc1. The van der Waals surface area contributed by atoms with E-state index in [-0.39, 0.29) is 17.1 Å². The fourth-order valence-electron chi connectivity index (χ4n) is 3.53. The van der Waals surface area contributed by atoms with Crippen LogP contribution in [0.25, 0.3) is 0 Å². The van der Waals surface area contributed by atoms with Gasteiger partial charge in [-0.3, -0.25) is 10.1 Å². The third kappa shape index (κ3) is 3.92. The first-order chi connectivity index (χ1) is 13.9. The maximum absolute atomic E-state index is 12.9. The molecule has 3 aromatic rings. The minimum atomic E-state index is -3.73. The first-order valence-electron chi connectivity index (χ1n) is 9.26. The molecule has 0 fully saturated rings. The van der Waals surface area contributed by atoms with Crippen LogP contribution < -0.4 is 0 Å². The van der Waals surface area contributed by atoms with Crippen molar-refractivity contribution in [1.82, 2.24) is 13.9 Å². The van der Waals surface area contributed by atoms with Crippen molar-refractivity contribution in [2.75, 3.05) is 6.54 Å². The molecule has 4 rings (SSSR count). The topological polar surface area (TPSA) is 98.3 Å². The Bertz CT molecular complexity index is 1130. The highest BCUT2D eigenvalue weighted by Crippen LogP contribution is 2.25. The number of aromatic nitrogens is 2. The molecule has 8 nitrogen and oxygen atoms in total. The largest absolute Gasteiger partial charge is 0.334 e. The van der Waals surface area contributed by atoms with E-state index >= 15 is 0 Å². The fraction of sp³-hybridized carbons (Fsp3) is 0.250. The lowest BCUT2D eigenvalue weighted by Crippen LogP contribution is -2.36. The van der Waals surface area contributed by atoms with E-state index in [0.717, 1.165) is 24.4 Å². The number of aryl methyl sites for hydroxylation is 2. The molecule has 0 N–H and O–H groups in total. The highest BCUT2D eigenvalue weighted by molar-refractivity contribution is 7.89. The maximum atomic E-state index is 12.9. The highest BCUT2D eigenvalue weighted by atomic mass is 32.2. The van der Waals surface area contributed by atoms with Crippen LogP contribution in [0.4, 0.5) is 5.69 Å². The van der Waals surface area contributed by atoms with Crippen LogP contribution in [0.3, 0.4) is 0 Å². The monoisotopic (exact) mass is 412 g/mol. The molecule has 2 aromatic carbocycles. The van der Waals surface area contributed by atoms with Crippen molar-refractivity contribution in [3.63, 3.8) is 0 Å². The van der Waals surface area contributed by atoms with Crippen molar-refractivity contribution in [3.05, 3.63) is 88.0 Å². The van der Waals surface area contributed by atoms with E-state index in [4.69, 9.17) is 0 Å². The minimum absolute atomic E-state index is 0.0510. The summed E-state index contributed by atoms with van der Waals surface area (Å²) in [6.07, 6.45) is 3.24. The van der Waals surface area contributed by atoms with E-state index in [1.807, 2.05) is 18.2 Å². The molecule has 1 aliphatic heterocycles. The van der Waals surface area contributed by atoms with E-state index in [0.29, 0.717) is 13.0 Å². The Hall–Kier alpha value is -3.04. The average Bonchev–Trinajstić information content (AvgIpc) is 3.15. The minimum Gasteiger partial charge on any atom is -0.334 e. The van der Waals surface area contributed by atoms with E-state index < -0.39 is 14.9 Å². The van der Waals surface area contributed by atoms with Crippen LogP contribution in [0.1, 0.15) is 17.0 Å². The third-order valence-electron chi connectivity index (χ3n) is 5.13. The lowest BCUT2D eigenvalue weighted by Gasteiger charge is -2.26. The van der Waals surface area contributed by atoms with Gasteiger partial charge >= 0.3 is 0 Å². The summed E-state index contributed by atoms with van der Waals surface area (Å²) in [5, 5.41) is 10.8. The molecule has 0 saturated carbocycles. The number of rotatable bonds is 6. The van der Waals surface area contributed by atoms with Crippen molar-refractivity contribution in [2.24, 2.45) is 0 Å². The molecule has 9 heteroatoms. The number of benzene rings is 2. The molecule has 0 spiro atoms. The molecule has 0 amide bonds. The zero-order valence-corrected chi connectivity index (χ0v) is 16.5. The summed E-state index contributed by atoms with van der Waals surface area (Å²) in [5.41, 5.74) is 2.93. The first kappa shape index (κ1) is 19.3.